The number of amides is 1. The molecule has 0 unspecified atom stereocenters. The number of aromatic nitrogens is 1. The van der Waals surface area contributed by atoms with E-state index < -0.39 is 5.60 Å². The number of aliphatic hydroxyl groups excluding tert-OH is 1. The van der Waals surface area contributed by atoms with Gasteiger partial charge >= 0.3 is 0 Å². The Labute approximate surface area is 223 Å². The number of benzene rings is 1. The molecule has 0 saturated carbocycles. The maximum absolute atomic E-state index is 13.3. The standard InChI is InChI=1S/C28H35N7O3/c1-5-12-34-27(37)23(17-29-4)26(35(34)25-8-6-7-24(32-25)28(2,3)38)31-19-30-22-10-9-21-18-33(14-15-36)13-11-20(21)16-22/h5-10,16-17,30,36,38H,1,4,11-15,18-19H2,2-3H3/b23-17+,31-26+. The number of carbonyl (C=O) groups excluding carboxylic acids is 1. The van der Waals surface area contributed by atoms with Crippen molar-refractivity contribution in [3.8, 4) is 0 Å². The fourth-order valence-corrected chi connectivity index (χ4v) is 4.57. The van der Waals surface area contributed by atoms with Gasteiger partial charge in [0, 0.05) is 31.5 Å². The average molecular weight is 518 g/mol. The summed E-state index contributed by atoms with van der Waals surface area (Å²) in [5.74, 6) is 0.509. The Morgan fingerprint density at radius 1 is 1.24 bits per heavy atom. The maximum atomic E-state index is 13.3. The summed E-state index contributed by atoms with van der Waals surface area (Å²) in [6.07, 6.45) is 3.94. The smallest absolute Gasteiger partial charge is 0.278 e. The van der Waals surface area contributed by atoms with E-state index in [2.05, 4.69) is 45.6 Å². The van der Waals surface area contributed by atoms with Crippen molar-refractivity contribution in [2.75, 3.05) is 43.2 Å². The molecule has 2 aliphatic heterocycles. The maximum Gasteiger partial charge on any atom is 0.278 e. The molecule has 0 bridgehead atoms. The lowest BCUT2D eigenvalue weighted by molar-refractivity contribution is -0.124. The number of nitrogens with zero attached hydrogens (tertiary/aromatic N) is 6. The Morgan fingerprint density at radius 3 is 2.76 bits per heavy atom. The highest BCUT2D eigenvalue weighted by Crippen LogP contribution is 2.29. The van der Waals surface area contributed by atoms with Gasteiger partial charge in [0.05, 0.1) is 18.8 Å². The topological polar surface area (TPSA) is 117 Å². The Hall–Kier alpha value is -3.86. The van der Waals surface area contributed by atoms with Crippen molar-refractivity contribution in [2.45, 2.75) is 32.4 Å². The number of aliphatic hydroxyl groups is 2. The molecule has 0 atom stereocenters. The van der Waals surface area contributed by atoms with Gasteiger partial charge in [0.2, 0.25) is 0 Å². The molecule has 0 spiro atoms. The first-order chi connectivity index (χ1) is 18.3. The van der Waals surface area contributed by atoms with Crippen LogP contribution in [0.4, 0.5) is 11.5 Å². The summed E-state index contributed by atoms with van der Waals surface area (Å²) in [5.41, 5.74) is 3.05. The summed E-state index contributed by atoms with van der Waals surface area (Å²) in [6, 6.07) is 11.5. The van der Waals surface area contributed by atoms with E-state index in [0.717, 1.165) is 25.2 Å². The number of carbonyl (C=O) groups is 1. The van der Waals surface area contributed by atoms with Gasteiger partial charge in [-0.3, -0.25) is 14.7 Å². The molecule has 38 heavy (non-hydrogen) atoms. The van der Waals surface area contributed by atoms with E-state index in [1.807, 2.05) is 6.07 Å². The summed E-state index contributed by atoms with van der Waals surface area (Å²) in [5, 5.41) is 26.2. The molecular weight excluding hydrogens is 482 g/mol. The van der Waals surface area contributed by atoms with Crippen LogP contribution in [0.5, 0.6) is 0 Å². The Morgan fingerprint density at radius 2 is 2.05 bits per heavy atom. The Kier molecular flexibility index (Phi) is 8.35. The van der Waals surface area contributed by atoms with Crippen molar-refractivity contribution >= 4 is 30.0 Å². The molecule has 1 aromatic carbocycles. The number of hydrogen-bond acceptors (Lipinski definition) is 8. The van der Waals surface area contributed by atoms with Gasteiger partial charge in [-0.05, 0) is 62.4 Å². The third kappa shape index (κ3) is 5.83. The number of nitrogens with one attached hydrogen (secondary N) is 1. The fraction of sp³-hybridized carbons (Fsp3) is 0.357. The number of anilines is 2. The number of rotatable bonds is 10. The third-order valence-electron chi connectivity index (χ3n) is 6.47. The second-order valence-electron chi connectivity index (χ2n) is 9.70. The normalized spacial score (nSPS) is 18.3. The molecule has 1 aromatic heterocycles. The lowest BCUT2D eigenvalue weighted by Crippen LogP contribution is -2.42. The molecule has 0 aliphatic carbocycles. The van der Waals surface area contributed by atoms with Crippen LogP contribution in [-0.4, -0.2) is 76.5 Å². The lowest BCUT2D eigenvalue weighted by atomic mass is 9.99. The minimum Gasteiger partial charge on any atom is -0.395 e. The molecule has 10 heteroatoms. The minimum atomic E-state index is -1.16. The van der Waals surface area contributed by atoms with Gasteiger partial charge in [0.1, 0.15) is 17.8 Å². The zero-order valence-corrected chi connectivity index (χ0v) is 22.0. The van der Waals surface area contributed by atoms with Gasteiger partial charge in [-0.1, -0.05) is 18.2 Å². The van der Waals surface area contributed by atoms with Crippen molar-refractivity contribution in [3.05, 3.63) is 77.6 Å². The van der Waals surface area contributed by atoms with Crippen LogP contribution in [0.15, 0.2) is 70.8 Å². The largest absolute Gasteiger partial charge is 0.395 e. The highest BCUT2D eigenvalue weighted by Gasteiger charge is 2.40. The number of hydrogen-bond donors (Lipinski definition) is 3. The summed E-state index contributed by atoms with van der Waals surface area (Å²) in [4.78, 5) is 28.8. The fourth-order valence-electron chi connectivity index (χ4n) is 4.57. The van der Waals surface area contributed by atoms with Crippen molar-refractivity contribution < 1.29 is 15.0 Å². The summed E-state index contributed by atoms with van der Waals surface area (Å²) >= 11 is 0. The molecule has 2 aliphatic rings. The second-order valence-corrected chi connectivity index (χ2v) is 9.70. The van der Waals surface area contributed by atoms with Gasteiger partial charge in [-0.15, -0.1) is 6.58 Å². The highest BCUT2D eigenvalue weighted by molar-refractivity contribution is 6.31. The van der Waals surface area contributed by atoms with E-state index in [9.17, 15) is 15.0 Å². The molecule has 3 N–H and O–H groups in total. The second kappa shape index (κ2) is 11.7. The molecule has 1 saturated heterocycles. The molecular formula is C28H35N7O3. The first kappa shape index (κ1) is 27.2. The third-order valence-corrected chi connectivity index (χ3v) is 6.47. The zero-order valence-electron chi connectivity index (χ0n) is 22.0. The molecule has 10 nitrogen and oxygen atoms in total. The van der Waals surface area contributed by atoms with E-state index in [1.54, 1.807) is 43.1 Å². The van der Waals surface area contributed by atoms with E-state index in [4.69, 9.17) is 4.99 Å². The van der Waals surface area contributed by atoms with Gasteiger partial charge < -0.3 is 15.5 Å². The van der Waals surface area contributed by atoms with Crippen LogP contribution in [0.1, 0.15) is 30.7 Å². The first-order valence-electron chi connectivity index (χ1n) is 12.6. The number of β-amino-alcohol motifs (C(OH)–C–C–N with tert-alkyl or cyclic N) is 1. The average Bonchev–Trinajstić information content (AvgIpc) is 3.15. The van der Waals surface area contributed by atoms with E-state index in [1.165, 1.54) is 22.3 Å². The van der Waals surface area contributed by atoms with Gasteiger partial charge in [-0.2, -0.15) is 0 Å². The first-order valence-corrected chi connectivity index (χ1v) is 12.6. The van der Waals surface area contributed by atoms with Crippen LogP contribution >= 0.6 is 0 Å². The highest BCUT2D eigenvalue weighted by atomic mass is 16.3. The zero-order chi connectivity index (χ0) is 27.3. The quantitative estimate of drug-likeness (QED) is 0.252. The lowest BCUT2D eigenvalue weighted by Gasteiger charge is -2.28. The molecule has 200 valence electrons. The molecule has 1 amide bonds. The van der Waals surface area contributed by atoms with Crippen LogP contribution in [0, 0.1) is 0 Å². The van der Waals surface area contributed by atoms with Crippen molar-refractivity contribution in [1.82, 2.24) is 14.9 Å². The predicted octanol–water partition coefficient (Wildman–Crippen LogP) is 2.46. The summed E-state index contributed by atoms with van der Waals surface area (Å²) in [7, 11) is 0. The Bertz CT molecular complexity index is 1270. The molecule has 1 fully saturated rings. The number of pyridine rings is 1. The number of aliphatic imine (C=N–C) groups is 2. The van der Waals surface area contributed by atoms with Gasteiger partial charge in [0.15, 0.2) is 11.7 Å². The number of amidine groups is 1. The van der Waals surface area contributed by atoms with E-state index >= 15 is 0 Å². The van der Waals surface area contributed by atoms with Crippen LogP contribution < -0.4 is 10.3 Å². The van der Waals surface area contributed by atoms with Crippen LogP contribution in [0.2, 0.25) is 0 Å². The SMILES string of the molecule is C=CCN1C(=O)C(=C/N=C)/C(=N\CNc2ccc3c(c2)CCN(CCO)C3)N1c1cccc(C(C)(C)O)n1. The van der Waals surface area contributed by atoms with Crippen molar-refractivity contribution in [1.29, 1.82) is 0 Å². The van der Waals surface area contributed by atoms with Crippen LogP contribution in [-0.2, 0) is 23.4 Å². The minimum absolute atomic E-state index is 0.161. The molecule has 2 aromatic rings. The van der Waals surface area contributed by atoms with E-state index in [-0.39, 0.29) is 31.3 Å². The van der Waals surface area contributed by atoms with Crippen molar-refractivity contribution in [3.63, 3.8) is 0 Å². The van der Waals surface area contributed by atoms with Gasteiger partial charge in [0.25, 0.3) is 5.91 Å². The van der Waals surface area contributed by atoms with Gasteiger partial charge in [-0.25, -0.2) is 20.0 Å². The summed E-state index contributed by atoms with van der Waals surface area (Å²) in [6.45, 7) is 13.6. The number of hydrazine groups is 1. The molecule has 3 heterocycles. The monoisotopic (exact) mass is 517 g/mol. The predicted molar refractivity (Wildman–Crippen MR) is 150 cm³/mol. The van der Waals surface area contributed by atoms with Crippen LogP contribution in [0.25, 0.3) is 0 Å². The molecule has 4 rings (SSSR count). The summed E-state index contributed by atoms with van der Waals surface area (Å²) < 4.78 is 0. The molecule has 0 radical (unpaired) electrons. The Balaban J connectivity index is 1.62. The number of fused-ring (bicyclic) bond motifs is 1. The van der Waals surface area contributed by atoms with E-state index in [0.29, 0.717) is 23.9 Å². The van der Waals surface area contributed by atoms with Crippen molar-refractivity contribution in [2.24, 2.45) is 9.98 Å². The van der Waals surface area contributed by atoms with Crippen LogP contribution in [0.3, 0.4) is 0 Å².